The molecule has 0 spiro atoms. The molecule has 0 saturated carbocycles. The van der Waals surface area contributed by atoms with Gasteiger partial charge in [0.1, 0.15) is 11.5 Å². The SMILES string of the molecule is COc1ccc(N2CCCC2)cc1NC(=O)COc1ccccc1. The zero-order chi connectivity index (χ0) is 16.8. The fraction of sp³-hybridized carbons (Fsp3) is 0.316. The number of carbonyl (C=O) groups is 1. The molecule has 24 heavy (non-hydrogen) atoms. The molecule has 5 nitrogen and oxygen atoms in total. The van der Waals surface area contributed by atoms with Crippen LogP contribution in [0.3, 0.4) is 0 Å². The van der Waals surface area contributed by atoms with Gasteiger partial charge in [-0.05, 0) is 43.2 Å². The quantitative estimate of drug-likeness (QED) is 0.885. The van der Waals surface area contributed by atoms with Crippen molar-refractivity contribution in [3.05, 3.63) is 48.5 Å². The van der Waals surface area contributed by atoms with Gasteiger partial charge in [0, 0.05) is 18.8 Å². The lowest BCUT2D eigenvalue weighted by atomic mass is 10.2. The molecule has 2 aromatic rings. The van der Waals surface area contributed by atoms with Crippen molar-refractivity contribution in [1.29, 1.82) is 0 Å². The molecule has 0 radical (unpaired) electrons. The Labute approximate surface area is 142 Å². The van der Waals surface area contributed by atoms with Gasteiger partial charge in [0.15, 0.2) is 6.61 Å². The Morgan fingerprint density at radius 3 is 2.58 bits per heavy atom. The number of amides is 1. The van der Waals surface area contributed by atoms with Crippen LogP contribution in [-0.4, -0.2) is 32.7 Å². The predicted octanol–water partition coefficient (Wildman–Crippen LogP) is 3.31. The van der Waals surface area contributed by atoms with Crippen molar-refractivity contribution in [1.82, 2.24) is 0 Å². The Bertz CT molecular complexity index is 682. The number of carbonyl (C=O) groups excluding carboxylic acids is 1. The van der Waals surface area contributed by atoms with Gasteiger partial charge in [-0.1, -0.05) is 18.2 Å². The van der Waals surface area contributed by atoms with Crippen LogP contribution in [0.2, 0.25) is 0 Å². The first kappa shape index (κ1) is 16.2. The van der Waals surface area contributed by atoms with Crippen LogP contribution in [0.15, 0.2) is 48.5 Å². The summed E-state index contributed by atoms with van der Waals surface area (Å²) in [7, 11) is 1.60. The summed E-state index contributed by atoms with van der Waals surface area (Å²) in [4.78, 5) is 14.5. The average Bonchev–Trinajstić information content (AvgIpc) is 3.15. The maximum Gasteiger partial charge on any atom is 0.262 e. The molecule has 126 valence electrons. The number of anilines is 2. The minimum absolute atomic E-state index is 0.0406. The summed E-state index contributed by atoms with van der Waals surface area (Å²) in [6, 6.07) is 15.2. The number of ether oxygens (including phenoxy) is 2. The summed E-state index contributed by atoms with van der Waals surface area (Å²) in [5.74, 6) is 1.10. The van der Waals surface area contributed by atoms with Crippen molar-refractivity contribution in [2.45, 2.75) is 12.8 Å². The van der Waals surface area contributed by atoms with Crippen LogP contribution in [0.4, 0.5) is 11.4 Å². The number of para-hydroxylation sites is 1. The topological polar surface area (TPSA) is 50.8 Å². The van der Waals surface area contributed by atoms with Gasteiger partial charge in [0.25, 0.3) is 5.91 Å². The molecule has 0 aliphatic carbocycles. The molecule has 5 heteroatoms. The van der Waals surface area contributed by atoms with Crippen LogP contribution in [0.5, 0.6) is 11.5 Å². The van der Waals surface area contributed by atoms with Crippen molar-refractivity contribution in [2.75, 3.05) is 37.0 Å². The summed E-state index contributed by atoms with van der Waals surface area (Å²) in [6.07, 6.45) is 2.41. The molecule has 1 aliphatic rings. The van der Waals surface area contributed by atoms with Crippen molar-refractivity contribution >= 4 is 17.3 Å². The summed E-state index contributed by atoms with van der Waals surface area (Å²) in [5, 5.41) is 2.88. The number of nitrogens with zero attached hydrogens (tertiary/aromatic N) is 1. The van der Waals surface area contributed by atoms with Gasteiger partial charge >= 0.3 is 0 Å². The van der Waals surface area contributed by atoms with E-state index < -0.39 is 0 Å². The van der Waals surface area contributed by atoms with Crippen LogP contribution in [-0.2, 0) is 4.79 Å². The Morgan fingerprint density at radius 2 is 1.88 bits per heavy atom. The van der Waals surface area contributed by atoms with E-state index in [1.807, 2.05) is 48.5 Å². The van der Waals surface area contributed by atoms with Crippen molar-refractivity contribution in [2.24, 2.45) is 0 Å². The van der Waals surface area contributed by atoms with Crippen LogP contribution < -0.4 is 19.7 Å². The zero-order valence-corrected chi connectivity index (χ0v) is 13.8. The van der Waals surface area contributed by atoms with E-state index in [2.05, 4.69) is 10.2 Å². The molecule has 0 aromatic heterocycles. The summed E-state index contributed by atoms with van der Waals surface area (Å²) in [5.41, 5.74) is 1.77. The number of nitrogens with one attached hydrogen (secondary N) is 1. The first-order valence-corrected chi connectivity index (χ1v) is 8.17. The van der Waals surface area contributed by atoms with Crippen molar-refractivity contribution in [3.63, 3.8) is 0 Å². The van der Waals surface area contributed by atoms with Crippen LogP contribution >= 0.6 is 0 Å². The van der Waals surface area contributed by atoms with Gasteiger partial charge in [-0.15, -0.1) is 0 Å². The summed E-state index contributed by atoms with van der Waals surface area (Å²) < 4.78 is 10.8. The van der Waals surface area contributed by atoms with E-state index in [0.717, 1.165) is 18.8 Å². The van der Waals surface area contributed by atoms with Crippen molar-refractivity contribution < 1.29 is 14.3 Å². The molecule has 2 aromatic carbocycles. The fourth-order valence-corrected chi connectivity index (χ4v) is 2.82. The van der Waals surface area contributed by atoms with Crippen LogP contribution in [0.1, 0.15) is 12.8 Å². The normalized spacial score (nSPS) is 13.6. The summed E-state index contributed by atoms with van der Waals surface area (Å²) >= 11 is 0. The molecule has 1 saturated heterocycles. The highest BCUT2D eigenvalue weighted by Crippen LogP contribution is 2.31. The third-order valence-electron chi connectivity index (χ3n) is 4.04. The fourth-order valence-electron chi connectivity index (χ4n) is 2.82. The van der Waals surface area contributed by atoms with Gasteiger partial charge in [-0.3, -0.25) is 4.79 Å². The maximum atomic E-state index is 12.2. The Morgan fingerprint density at radius 1 is 1.12 bits per heavy atom. The van der Waals surface area contributed by atoms with E-state index in [1.54, 1.807) is 7.11 Å². The number of methoxy groups -OCH3 is 1. The molecule has 1 heterocycles. The maximum absolute atomic E-state index is 12.2. The predicted molar refractivity (Wildman–Crippen MR) is 95.0 cm³/mol. The van der Waals surface area contributed by atoms with E-state index in [0.29, 0.717) is 17.2 Å². The lowest BCUT2D eigenvalue weighted by molar-refractivity contribution is -0.118. The lowest BCUT2D eigenvalue weighted by Crippen LogP contribution is -2.21. The second-order valence-electron chi connectivity index (χ2n) is 5.73. The highest BCUT2D eigenvalue weighted by atomic mass is 16.5. The van der Waals surface area contributed by atoms with Gasteiger partial charge in [-0.25, -0.2) is 0 Å². The molecule has 0 bridgehead atoms. The number of hydrogen-bond acceptors (Lipinski definition) is 4. The second-order valence-corrected chi connectivity index (χ2v) is 5.73. The lowest BCUT2D eigenvalue weighted by Gasteiger charge is -2.20. The molecule has 1 amide bonds. The second kappa shape index (κ2) is 7.73. The Kier molecular flexibility index (Phi) is 5.21. The molecule has 1 fully saturated rings. The Balaban J connectivity index is 1.66. The zero-order valence-electron chi connectivity index (χ0n) is 13.8. The highest BCUT2D eigenvalue weighted by Gasteiger charge is 2.15. The smallest absolute Gasteiger partial charge is 0.262 e. The molecule has 1 aliphatic heterocycles. The number of benzene rings is 2. The van der Waals surface area contributed by atoms with E-state index >= 15 is 0 Å². The van der Waals surface area contributed by atoms with E-state index in [-0.39, 0.29) is 12.5 Å². The molecular weight excluding hydrogens is 304 g/mol. The van der Waals surface area contributed by atoms with Gasteiger partial charge < -0.3 is 19.7 Å². The largest absolute Gasteiger partial charge is 0.495 e. The third kappa shape index (κ3) is 3.98. The van der Waals surface area contributed by atoms with Crippen LogP contribution in [0.25, 0.3) is 0 Å². The van der Waals surface area contributed by atoms with Crippen LogP contribution in [0, 0.1) is 0 Å². The first-order chi connectivity index (χ1) is 11.8. The third-order valence-corrected chi connectivity index (χ3v) is 4.04. The minimum atomic E-state index is -0.212. The Hall–Kier alpha value is -2.69. The van der Waals surface area contributed by atoms with Crippen molar-refractivity contribution in [3.8, 4) is 11.5 Å². The monoisotopic (exact) mass is 326 g/mol. The molecular formula is C19H22N2O3. The first-order valence-electron chi connectivity index (χ1n) is 8.17. The standard InChI is InChI=1S/C19H22N2O3/c1-23-18-10-9-15(21-11-5-6-12-21)13-17(18)20-19(22)14-24-16-7-3-2-4-8-16/h2-4,7-10,13H,5-6,11-12,14H2,1H3,(H,20,22). The van der Waals surface area contributed by atoms with E-state index in [9.17, 15) is 4.79 Å². The average molecular weight is 326 g/mol. The number of hydrogen-bond donors (Lipinski definition) is 1. The number of rotatable bonds is 6. The molecule has 1 N–H and O–H groups in total. The van der Waals surface area contributed by atoms with E-state index in [1.165, 1.54) is 12.8 Å². The molecule has 0 unspecified atom stereocenters. The van der Waals surface area contributed by atoms with Gasteiger partial charge in [0.05, 0.1) is 12.8 Å². The van der Waals surface area contributed by atoms with E-state index in [4.69, 9.17) is 9.47 Å². The van der Waals surface area contributed by atoms with Gasteiger partial charge in [0.2, 0.25) is 0 Å². The molecule has 3 rings (SSSR count). The van der Waals surface area contributed by atoms with Gasteiger partial charge in [-0.2, -0.15) is 0 Å². The highest BCUT2D eigenvalue weighted by molar-refractivity contribution is 5.94. The molecule has 0 atom stereocenters. The summed E-state index contributed by atoms with van der Waals surface area (Å²) in [6.45, 7) is 2.06. The minimum Gasteiger partial charge on any atom is -0.495 e.